The third-order valence-electron chi connectivity index (χ3n) is 3.27. The first-order valence-electron chi connectivity index (χ1n) is 5.79. The lowest BCUT2D eigenvalue weighted by molar-refractivity contribution is -0.272. The maximum atomic E-state index is 12.4. The van der Waals surface area contributed by atoms with Gasteiger partial charge >= 0.3 is 0 Å². The van der Waals surface area contributed by atoms with Gasteiger partial charge in [-0.2, -0.15) is 0 Å². The van der Waals surface area contributed by atoms with Gasteiger partial charge in [0, 0.05) is 32.9 Å². The average Bonchev–Trinajstić information content (AvgIpc) is 2.43. The van der Waals surface area contributed by atoms with Crippen molar-refractivity contribution in [3.8, 4) is 5.75 Å². The Kier molecular flexibility index (Phi) is 2.89. The van der Waals surface area contributed by atoms with Crippen LogP contribution in [0.3, 0.4) is 0 Å². The summed E-state index contributed by atoms with van der Waals surface area (Å²) < 4.78 is 22.7. The Morgan fingerprint density at radius 3 is 2.00 bits per heavy atom. The van der Waals surface area contributed by atoms with Gasteiger partial charge in [-0.15, -0.1) is 0 Å². The molecule has 0 atom stereocenters. The predicted molar refractivity (Wildman–Crippen MR) is 72.2 cm³/mol. The minimum Gasteiger partial charge on any atom is -0.871 e. The molecule has 0 fully saturated rings. The summed E-state index contributed by atoms with van der Waals surface area (Å²) in [6.07, 6.45) is 0. The van der Waals surface area contributed by atoms with Gasteiger partial charge in [0.15, 0.2) is 11.6 Å². The molecular weight excluding hydrogens is 316 g/mol. The maximum Gasteiger partial charge on any atom is 0.260 e. The highest BCUT2D eigenvalue weighted by Gasteiger charge is 2.31. The van der Waals surface area contributed by atoms with Crippen LogP contribution in [0.1, 0.15) is 31.8 Å². The van der Waals surface area contributed by atoms with Gasteiger partial charge in [0.05, 0.1) is 4.90 Å². The zero-order valence-electron chi connectivity index (χ0n) is 10.3. The molecule has 0 amide bonds. The van der Waals surface area contributed by atoms with Crippen molar-refractivity contribution in [2.24, 2.45) is 0 Å². The van der Waals surface area contributed by atoms with Crippen LogP contribution >= 0.6 is 10.7 Å². The van der Waals surface area contributed by atoms with E-state index < -0.39 is 36.8 Å². The van der Waals surface area contributed by atoms with E-state index in [9.17, 15) is 23.1 Å². The van der Waals surface area contributed by atoms with Gasteiger partial charge in [-0.3, -0.25) is 9.59 Å². The number of carbonyl (C=O) groups is 2. The van der Waals surface area contributed by atoms with E-state index >= 15 is 0 Å². The molecule has 0 unspecified atom stereocenters. The van der Waals surface area contributed by atoms with Crippen molar-refractivity contribution >= 4 is 31.3 Å². The maximum absolute atomic E-state index is 12.4. The lowest BCUT2D eigenvalue weighted by Gasteiger charge is -2.23. The van der Waals surface area contributed by atoms with Crippen LogP contribution in [0.25, 0.3) is 0 Å². The SMILES string of the molecule is O=C1c2ccccc2C(=O)c2c1ccc(S(=O)(=O)Cl)c2[O-]. The molecule has 0 heterocycles. The fourth-order valence-electron chi connectivity index (χ4n) is 2.33. The normalized spacial score (nSPS) is 13.8. The average molecular weight is 322 g/mol. The minimum atomic E-state index is -4.29. The van der Waals surface area contributed by atoms with Crippen molar-refractivity contribution in [1.29, 1.82) is 0 Å². The number of fused-ring (bicyclic) bond motifs is 2. The molecule has 0 saturated carbocycles. The molecule has 5 nitrogen and oxygen atoms in total. The van der Waals surface area contributed by atoms with E-state index in [1.807, 2.05) is 0 Å². The van der Waals surface area contributed by atoms with E-state index in [1.54, 1.807) is 12.1 Å². The quantitative estimate of drug-likeness (QED) is 0.633. The largest absolute Gasteiger partial charge is 0.871 e. The van der Waals surface area contributed by atoms with Crippen LogP contribution in [0.4, 0.5) is 0 Å². The molecule has 1 aliphatic rings. The monoisotopic (exact) mass is 321 g/mol. The van der Waals surface area contributed by atoms with E-state index in [-0.39, 0.29) is 16.7 Å². The summed E-state index contributed by atoms with van der Waals surface area (Å²) in [5.74, 6) is -2.21. The minimum absolute atomic E-state index is 0.0798. The summed E-state index contributed by atoms with van der Waals surface area (Å²) >= 11 is 0. The molecule has 3 rings (SSSR count). The Hall–Kier alpha value is -2.18. The summed E-state index contributed by atoms with van der Waals surface area (Å²) in [6.45, 7) is 0. The molecule has 0 aliphatic heterocycles. The number of halogens is 1. The van der Waals surface area contributed by atoms with E-state index in [0.29, 0.717) is 0 Å². The zero-order valence-corrected chi connectivity index (χ0v) is 11.9. The molecule has 0 N–H and O–H groups in total. The van der Waals surface area contributed by atoms with Gasteiger partial charge in [-0.05, 0) is 12.1 Å². The Labute approximate surface area is 124 Å². The second kappa shape index (κ2) is 4.41. The van der Waals surface area contributed by atoms with Gasteiger partial charge in [0.2, 0.25) is 0 Å². The van der Waals surface area contributed by atoms with Crippen molar-refractivity contribution in [3.05, 3.63) is 58.7 Å². The smallest absolute Gasteiger partial charge is 0.260 e. The number of carbonyl (C=O) groups excluding carboxylic acids is 2. The number of hydrogen-bond donors (Lipinski definition) is 0. The second-order valence-corrected chi connectivity index (χ2v) is 6.99. The van der Waals surface area contributed by atoms with Crippen molar-refractivity contribution < 1.29 is 23.1 Å². The third kappa shape index (κ3) is 1.95. The fraction of sp³-hybridized carbons (Fsp3) is 0. The Morgan fingerprint density at radius 2 is 1.43 bits per heavy atom. The number of hydrogen-bond acceptors (Lipinski definition) is 5. The summed E-state index contributed by atoms with van der Waals surface area (Å²) in [7, 11) is 0.878. The highest BCUT2D eigenvalue weighted by Crippen LogP contribution is 2.36. The van der Waals surface area contributed by atoms with Gasteiger partial charge in [-0.25, -0.2) is 8.42 Å². The van der Waals surface area contributed by atoms with Crippen LogP contribution < -0.4 is 5.11 Å². The van der Waals surface area contributed by atoms with E-state index in [0.717, 1.165) is 12.1 Å². The molecule has 0 aromatic heterocycles. The fourth-order valence-corrected chi connectivity index (χ4v) is 3.25. The molecule has 21 heavy (non-hydrogen) atoms. The van der Waals surface area contributed by atoms with E-state index in [2.05, 4.69) is 0 Å². The van der Waals surface area contributed by atoms with E-state index in [1.165, 1.54) is 12.1 Å². The lowest BCUT2D eigenvalue weighted by Crippen LogP contribution is -2.23. The van der Waals surface area contributed by atoms with Crippen LogP contribution in [0.5, 0.6) is 5.75 Å². The summed E-state index contributed by atoms with van der Waals surface area (Å²) in [6, 6.07) is 8.14. The molecule has 106 valence electrons. The van der Waals surface area contributed by atoms with Gasteiger partial charge < -0.3 is 5.11 Å². The summed E-state index contributed by atoms with van der Waals surface area (Å²) in [4.78, 5) is 24.0. The molecule has 7 heteroatoms. The Morgan fingerprint density at radius 1 is 0.857 bits per heavy atom. The third-order valence-corrected chi connectivity index (χ3v) is 4.62. The lowest BCUT2D eigenvalue weighted by atomic mass is 9.84. The van der Waals surface area contributed by atoms with Crippen LogP contribution in [0.15, 0.2) is 41.3 Å². The summed E-state index contributed by atoms with van der Waals surface area (Å²) in [5, 5.41) is 12.2. The highest BCUT2D eigenvalue weighted by molar-refractivity contribution is 8.13. The molecule has 0 radical (unpaired) electrons. The molecule has 0 bridgehead atoms. The molecule has 0 spiro atoms. The molecular formula is C14H6ClO5S-. The van der Waals surface area contributed by atoms with Gasteiger partial charge in [0.25, 0.3) is 9.05 Å². The van der Waals surface area contributed by atoms with E-state index in [4.69, 9.17) is 10.7 Å². The zero-order chi connectivity index (χ0) is 15.4. The first-order chi connectivity index (χ1) is 9.82. The Bertz CT molecular complexity index is 915. The molecule has 2 aromatic rings. The predicted octanol–water partition coefficient (Wildman–Crippen LogP) is 1.46. The van der Waals surface area contributed by atoms with Crippen LogP contribution in [0, 0.1) is 0 Å². The first-order valence-corrected chi connectivity index (χ1v) is 8.10. The van der Waals surface area contributed by atoms with Crippen molar-refractivity contribution in [2.45, 2.75) is 4.90 Å². The standard InChI is InChI=1S/C14H7ClO5S/c15-21(19,20)10-6-5-9-11(14(10)18)13(17)8-4-2-1-3-7(8)12(9)16/h1-6,18H/p-1. The van der Waals surface area contributed by atoms with Gasteiger partial charge in [0.1, 0.15) is 0 Å². The molecule has 2 aromatic carbocycles. The number of ketones is 2. The van der Waals surface area contributed by atoms with Crippen molar-refractivity contribution in [3.63, 3.8) is 0 Å². The highest BCUT2D eigenvalue weighted by atomic mass is 35.7. The second-order valence-electron chi connectivity index (χ2n) is 4.46. The van der Waals surface area contributed by atoms with Crippen LogP contribution in [-0.4, -0.2) is 20.0 Å². The van der Waals surface area contributed by atoms with Crippen LogP contribution in [0.2, 0.25) is 0 Å². The Balaban J connectivity index is 2.37. The van der Waals surface area contributed by atoms with Gasteiger partial charge in [-0.1, -0.05) is 30.0 Å². The van der Waals surface area contributed by atoms with Crippen molar-refractivity contribution in [2.75, 3.05) is 0 Å². The summed E-state index contributed by atoms with van der Waals surface area (Å²) in [5.41, 5.74) is -0.278. The molecule has 0 saturated heterocycles. The van der Waals surface area contributed by atoms with Crippen molar-refractivity contribution in [1.82, 2.24) is 0 Å². The first kappa shape index (κ1) is 13.8. The number of rotatable bonds is 1. The van der Waals surface area contributed by atoms with Crippen LogP contribution in [-0.2, 0) is 9.05 Å². The topological polar surface area (TPSA) is 91.3 Å². The molecule has 1 aliphatic carbocycles. The number of benzene rings is 2.